The van der Waals surface area contributed by atoms with E-state index >= 15 is 0 Å². The fraction of sp³-hybridized carbons (Fsp3) is 0.818. The van der Waals surface area contributed by atoms with E-state index in [2.05, 4.69) is 5.32 Å². The normalized spacial score (nSPS) is 48.7. The Morgan fingerprint density at radius 1 is 1.07 bits per heavy atom. The van der Waals surface area contributed by atoms with Crippen LogP contribution in [0.4, 0.5) is 0 Å². The van der Waals surface area contributed by atoms with Crippen molar-refractivity contribution in [2.75, 3.05) is 13.1 Å². The molecule has 0 aromatic heterocycles. The molecule has 15 heavy (non-hydrogen) atoms. The molecule has 3 aliphatic rings. The van der Waals surface area contributed by atoms with Crippen LogP contribution in [0.5, 0.6) is 0 Å². The average Bonchev–Trinajstić information content (AvgIpc) is 2.63. The molecule has 0 spiro atoms. The quantitative estimate of drug-likeness (QED) is 0.609. The van der Waals surface area contributed by atoms with Gasteiger partial charge in [-0.1, -0.05) is 13.8 Å². The highest BCUT2D eigenvalue weighted by Crippen LogP contribution is 2.48. The van der Waals surface area contributed by atoms with Gasteiger partial charge in [0, 0.05) is 31.0 Å². The van der Waals surface area contributed by atoms with E-state index in [9.17, 15) is 9.59 Å². The molecule has 2 saturated heterocycles. The van der Waals surface area contributed by atoms with Gasteiger partial charge in [-0.05, 0) is 11.8 Å². The Balaban J connectivity index is 1.82. The first-order chi connectivity index (χ1) is 7.13. The molecule has 1 saturated carbocycles. The molecule has 0 aromatic rings. The Labute approximate surface area is 89.0 Å². The summed E-state index contributed by atoms with van der Waals surface area (Å²) in [5.41, 5.74) is 0. The first kappa shape index (κ1) is 9.33. The lowest BCUT2D eigenvalue weighted by atomic mass is 10.00. The largest absolute Gasteiger partial charge is 0.316 e. The molecule has 3 fully saturated rings. The lowest BCUT2D eigenvalue weighted by Crippen LogP contribution is -2.38. The number of likely N-dealkylation sites (tertiary alicyclic amines) is 1. The third kappa shape index (κ3) is 1.06. The number of piperidine rings is 1. The summed E-state index contributed by atoms with van der Waals surface area (Å²) < 4.78 is 0. The van der Waals surface area contributed by atoms with Gasteiger partial charge in [0.2, 0.25) is 11.8 Å². The second-order valence-electron chi connectivity index (χ2n) is 5.10. The van der Waals surface area contributed by atoms with Crippen LogP contribution in [0.3, 0.4) is 0 Å². The molecule has 2 amide bonds. The van der Waals surface area contributed by atoms with Crippen molar-refractivity contribution in [3.8, 4) is 0 Å². The van der Waals surface area contributed by atoms with E-state index in [4.69, 9.17) is 0 Å². The first-order valence-corrected chi connectivity index (χ1v) is 5.70. The Bertz CT molecular complexity index is 311. The summed E-state index contributed by atoms with van der Waals surface area (Å²) in [4.78, 5) is 25.4. The minimum absolute atomic E-state index is 0.0481. The first-order valence-electron chi connectivity index (χ1n) is 5.70. The van der Waals surface area contributed by atoms with Crippen molar-refractivity contribution in [3.63, 3.8) is 0 Å². The van der Waals surface area contributed by atoms with Crippen LogP contribution < -0.4 is 5.32 Å². The molecule has 1 aliphatic carbocycles. The Hall–Kier alpha value is -0.900. The number of carbonyl (C=O) groups excluding carboxylic acids is 2. The summed E-state index contributed by atoms with van der Waals surface area (Å²) >= 11 is 0. The van der Waals surface area contributed by atoms with Crippen LogP contribution in [0.1, 0.15) is 13.8 Å². The number of rotatable bonds is 1. The van der Waals surface area contributed by atoms with E-state index < -0.39 is 0 Å². The number of imide groups is 1. The fourth-order valence-corrected chi connectivity index (χ4v) is 3.04. The summed E-state index contributed by atoms with van der Waals surface area (Å²) in [7, 11) is 0. The number of carbonyl (C=O) groups is 2. The molecule has 3 rings (SSSR count). The molecule has 0 bridgehead atoms. The van der Waals surface area contributed by atoms with Gasteiger partial charge in [-0.15, -0.1) is 0 Å². The van der Waals surface area contributed by atoms with Crippen LogP contribution in [0.2, 0.25) is 0 Å². The van der Waals surface area contributed by atoms with E-state index in [-0.39, 0.29) is 29.7 Å². The maximum absolute atomic E-state index is 11.9. The van der Waals surface area contributed by atoms with Crippen molar-refractivity contribution < 1.29 is 9.59 Å². The fourth-order valence-electron chi connectivity index (χ4n) is 3.04. The molecule has 1 N–H and O–H groups in total. The van der Waals surface area contributed by atoms with E-state index in [1.807, 2.05) is 13.8 Å². The molecule has 2 aliphatic heterocycles. The van der Waals surface area contributed by atoms with Crippen LogP contribution in [-0.2, 0) is 9.59 Å². The molecule has 0 radical (unpaired) electrons. The van der Waals surface area contributed by atoms with Gasteiger partial charge in [-0.2, -0.15) is 0 Å². The van der Waals surface area contributed by atoms with E-state index in [0.29, 0.717) is 11.8 Å². The third-order valence-electron chi connectivity index (χ3n) is 4.35. The second kappa shape index (κ2) is 2.82. The number of hydrogen-bond donors (Lipinski definition) is 1. The van der Waals surface area contributed by atoms with Gasteiger partial charge in [-0.3, -0.25) is 14.5 Å². The highest BCUT2D eigenvalue weighted by molar-refractivity contribution is 6.05. The SMILES string of the molecule is CC1C(=O)N(C2C3CNCC32)C(=O)C1C. The zero-order valence-corrected chi connectivity index (χ0v) is 9.06. The minimum Gasteiger partial charge on any atom is -0.316 e. The van der Waals surface area contributed by atoms with Crippen molar-refractivity contribution in [1.29, 1.82) is 0 Å². The number of nitrogens with zero attached hydrogens (tertiary/aromatic N) is 1. The monoisotopic (exact) mass is 208 g/mol. The number of hydrogen-bond acceptors (Lipinski definition) is 3. The van der Waals surface area contributed by atoms with Gasteiger partial charge in [0.25, 0.3) is 0 Å². The van der Waals surface area contributed by atoms with Gasteiger partial charge in [0.1, 0.15) is 0 Å². The molecule has 4 heteroatoms. The predicted molar refractivity (Wildman–Crippen MR) is 53.8 cm³/mol. The number of fused-ring (bicyclic) bond motifs is 1. The van der Waals surface area contributed by atoms with Crippen LogP contribution in [0.15, 0.2) is 0 Å². The van der Waals surface area contributed by atoms with Crippen LogP contribution in [-0.4, -0.2) is 35.8 Å². The van der Waals surface area contributed by atoms with Crippen molar-refractivity contribution in [2.24, 2.45) is 23.7 Å². The van der Waals surface area contributed by atoms with Gasteiger partial charge in [-0.25, -0.2) is 0 Å². The molecule has 2 heterocycles. The van der Waals surface area contributed by atoms with E-state index in [1.54, 1.807) is 4.90 Å². The number of amides is 2. The lowest BCUT2D eigenvalue weighted by Gasteiger charge is -2.16. The predicted octanol–water partition coefficient (Wildman–Crippen LogP) is -0.155. The summed E-state index contributed by atoms with van der Waals surface area (Å²) in [6, 6.07) is 0.221. The maximum atomic E-state index is 11.9. The number of nitrogens with one attached hydrogen (secondary N) is 1. The molecule has 4 unspecified atom stereocenters. The van der Waals surface area contributed by atoms with Crippen LogP contribution in [0, 0.1) is 23.7 Å². The zero-order valence-electron chi connectivity index (χ0n) is 9.06. The van der Waals surface area contributed by atoms with Crippen LogP contribution >= 0.6 is 0 Å². The minimum atomic E-state index is -0.119. The van der Waals surface area contributed by atoms with Gasteiger partial charge in [0.05, 0.1) is 0 Å². The molecule has 82 valence electrons. The van der Waals surface area contributed by atoms with Crippen molar-refractivity contribution in [2.45, 2.75) is 19.9 Å². The van der Waals surface area contributed by atoms with Crippen molar-refractivity contribution in [1.82, 2.24) is 10.2 Å². The topological polar surface area (TPSA) is 49.4 Å². The summed E-state index contributed by atoms with van der Waals surface area (Å²) in [6.07, 6.45) is 0. The Morgan fingerprint density at radius 2 is 1.53 bits per heavy atom. The molecule has 4 atom stereocenters. The van der Waals surface area contributed by atoms with Crippen LogP contribution in [0.25, 0.3) is 0 Å². The summed E-state index contributed by atoms with van der Waals surface area (Å²) in [6.45, 7) is 5.66. The average molecular weight is 208 g/mol. The van der Waals surface area contributed by atoms with Gasteiger partial charge in [0.15, 0.2) is 0 Å². The molecular formula is C11H16N2O2. The third-order valence-corrected chi connectivity index (χ3v) is 4.35. The highest BCUT2D eigenvalue weighted by Gasteiger charge is 2.61. The zero-order chi connectivity index (χ0) is 10.7. The Kier molecular flexibility index (Phi) is 1.75. The van der Waals surface area contributed by atoms with Gasteiger partial charge < -0.3 is 5.32 Å². The molecular weight excluding hydrogens is 192 g/mol. The van der Waals surface area contributed by atoms with Gasteiger partial charge >= 0.3 is 0 Å². The highest BCUT2D eigenvalue weighted by atomic mass is 16.2. The van der Waals surface area contributed by atoms with E-state index in [0.717, 1.165) is 13.1 Å². The standard InChI is InChI=1S/C11H16N2O2/c1-5-6(2)11(15)13(10(5)14)9-7-3-12-4-8(7)9/h5-9,12H,3-4H2,1-2H3. The summed E-state index contributed by atoms with van der Waals surface area (Å²) in [5, 5.41) is 3.28. The maximum Gasteiger partial charge on any atom is 0.233 e. The lowest BCUT2D eigenvalue weighted by molar-refractivity contribution is -0.141. The molecule has 0 aromatic carbocycles. The summed E-state index contributed by atoms with van der Waals surface area (Å²) in [5.74, 6) is 0.933. The smallest absolute Gasteiger partial charge is 0.233 e. The Morgan fingerprint density at radius 3 is 2.00 bits per heavy atom. The van der Waals surface area contributed by atoms with Crippen molar-refractivity contribution in [3.05, 3.63) is 0 Å². The van der Waals surface area contributed by atoms with Crippen molar-refractivity contribution >= 4 is 11.8 Å². The second-order valence-corrected chi connectivity index (χ2v) is 5.10. The van der Waals surface area contributed by atoms with E-state index in [1.165, 1.54) is 0 Å². The molecule has 4 nitrogen and oxygen atoms in total.